The number of hydrogen-bond donors (Lipinski definition) is 0. The van der Waals surface area contributed by atoms with Crippen LogP contribution in [0.25, 0.3) is 0 Å². The summed E-state index contributed by atoms with van der Waals surface area (Å²) < 4.78 is 37.6. The molecule has 0 aromatic carbocycles. The minimum absolute atomic E-state index is 0.0383. The molecule has 0 radical (unpaired) electrons. The first-order valence-electron chi connectivity index (χ1n) is 6.90. The van der Waals surface area contributed by atoms with Gasteiger partial charge in [-0.1, -0.05) is 0 Å². The SMILES string of the molecule is N#CC1CCN(C(=O)C2CCCN2C(=O)C(F)(F)F)CC1. The fourth-order valence-electron chi connectivity index (χ4n) is 2.87. The average molecular weight is 303 g/mol. The van der Waals surface area contributed by atoms with E-state index >= 15 is 0 Å². The molecule has 21 heavy (non-hydrogen) atoms. The Bertz CT molecular complexity index is 464. The Balaban J connectivity index is 2.02. The van der Waals surface area contributed by atoms with Crippen LogP contribution >= 0.6 is 0 Å². The number of nitrogens with zero attached hydrogens (tertiary/aromatic N) is 3. The fraction of sp³-hybridized carbons (Fsp3) is 0.769. The van der Waals surface area contributed by atoms with Gasteiger partial charge in [0.2, 0.25) is 5.91 Å². The number of piperidine rings is 1. The highest BCUT2D eigenvalue weighted by atomic mass is 19.4. The van der Waals surface area contributed by atoms with Crippen LogP contribution < -0.4 is 0 Å². The van der Waals surface area contributed by atoms with Crippen molar-refractivity contribution in [3.8, 4) is 6.07 Å². The third-order valence-electron chi connectivity index (χ3n) is 4.03. The van der Waals surface area contributed by atoms with Crippen LogP contribution in [0, 0.1) is 17.2 Å². The largest absolute Gasteiger partial charge is 0.471 e. The van der Waals surface area contributed by atoms with Crippen LogP contribution in [-0.4, -0.2) is 53.5 Å². The first-order valence-corrected chi connectivity index (χ1v) is 6.90. The number of carbonyl (C=O) groups excluding carboxylic acids is 2. The Morgan fingerprint density at radius 2 is 1.71 bits per heavy atom. The summed E-state index contributed by atoms with van der Waals surface area (Å²) in [5, 5.41) is 8.80. The fourth-order valence-corrected chi connectivity index (χ4v) is 2.87. The molecule has 2 saturated heterocycles. The number of carbonyl (C=O) groups is 2. The van der Waals surface area contributed by atoms with Crippen LogP contribution in [-0.2, 0) is 9.59 Å². The first-order chi connectivity index (χ1) is 9.84. The van der Waals surface area contributed by atoms with E-state index in [1.165, 1.54) is 4.90 Å². The molecule has 2 amide bonds. The van der Waals surface area contributed by atoms with Gasteiger partial charge < -0.3 is 9.80 Å². The first kappa shape index (κ1) is 15.6. The molecule has 0 N–H and O–H groups in total. The van der Waals surface area contributed by atoms with Crippen molar-refractivity contribution in [2.24, 2.45) is 5.92 Å². The molecular weight excluding hydrogens is 287 g/mol. The van der Waals surface area contributed by atoms with Gasteiger partial charge in [-0.2, -0.15) is 18.4 Å². The van der Waals surface area contributed by atoms with Crippen molar-refractivity contribution in [1.82, 2.24) is 9.80 Å². The van der Waals surface area contributed by atoms with Gasteiger partial charge in [0.1, 0.15) is 6.04 Å². The monoisotopic (exact) mass is 303 g/mol. The van der Waals surface area contributed by atoms with Gasteiger partial charge >= 0.3 is 12.1 Å². The van der Waals surface area contributed by atoms with Gasteiger partial charge in [-0.15, -0.1) is 0 Å². The molecule has 5 nitrogen and oxygen atoms in total. The van der Waals surface area contributed by atoms with Crippen molar-refractivity contribution in [2.75, 3.05) is 19.6 Å². The lowest BCUT2D eigenvalue weighted by molar-refractivity contribution is -0.187. The molecule has 8 heteroatoms. The highest BCUT2D eigenvalue weighted by Gasteiger charge is 2.48. The minimum atomic E-state index is -4.95. The standard InChI is InChI=1S/C13H16F3N3O2/c14-13(15,16)12(21)19-5-1-2-10(19)11(20)18-6-3-9(8-17)4-7-18/h9-10H,1-7H2. The molecular formula is C13H16F3N3O2. The Morgan fingerprint density at radius 1 is 1.10 bits per heavy atom. The lowest BCUT2D eigenvalue weighted by Gasteiger charge is -2.34. The van der Waals surface area contributed by atoms with Crippen LogP contribution in [0.4, 0.5) is 13.2 Å². The van der Waals surface area contributed by atoms with Crippen LogP contribution in [0.3, 0.4) is 0 Å². The number of nitriles is 1. The van der Waals surface area contributed by atoms with Crippen LogP contribution in [0.15, 0.2) is 0 Å². The summed E-state index contributed by atoms with van der Waals surface area (Å²) in [6.07, 6.45) is -3.23. The Morgan fingerprint density at radius 3 is 2.24 bits per heavy atom. The Kier molecular flexibility index (Phi) is 4.40. The predicted molar refractivity (Wildman–Crippen MR) is 65.7 cm³/mol. The number of halogens is 3. The number of hydrogen-bond acceptors (Lipinski definition) is 3. The van der Waals surface area contributed by atoms with Gasteiger partial charge in [-0.25, -0.2) is 0 Å². The molecule has 2 fully saturated rings. The summed E-state index contributed by atoms with van der Waals surface area (Å²) in [6, 6.07) is 1.11. The Labute approximate surface area is 120 Å². The van der Waals surface area contributed by atoms with Crippen LogP contribution in [0.2, 0.25) is 0 Å². The van der Waals surface area contributed by atoms with Gasteiger partial charge in [0.25, 0.3) is 0 Å². The maximum absolute atomic E-state index is 12.5. The minimum Gasteiger partial charge on any atom is -0.341 e. The summed E-state index contributed by atoms with van der Waals surface area (Å²) in [4.78, 5) is 25.8. The van der Waals surface area contributed by atoms with Gasteiger partial charge in [0.15, 0.2) is 0 Å². The number of amides is 2. The molecule has 116 valence electrons. The van der Waals surface area contributed by atoms with Crippen molar-refractivity contribution in [1.29, 1.82) is 5.26 Å². The van der Waals surface area contributed by atoms with E-state index in [0.717, 1.165) is 0 Å². The van der Waals surface area contributed by atoms with E-state index in [1.807, 2.05) is 0 Å². The lowest BCUT2D eigenvalue weighted by Crippen LogP contribution is -2.52. The summed E-state index contributed by atoms with van der Waals surface area (Å²) in [7, 11) is 0. The van der Waals surface area contributed by atoms with Gasteiger partial charge in [-0.05, 0) is 25.7 Å². The number of rotatable bonds is 1. The van der Waals surface area contributed by atoms with E-state index in [9.17, 15) is 22.8 Å². The van der Waals surface area contributed by atoms with Crippen molar-refractivity contribution in [3.63, 3.8) is 0 Å². The molecule has 0 bridgehead atoms. The van der Waals surface area contributed by atoms with Gasteiger partial charge in [-0.3, -0.25) is 9.59 Å². The van der Waals surface area contributed by atoms with E-state index < -0.39 is 24.0 Å². The molecule has 0 aliphatic carbocycles. The molecule has 1 unspecified atom stereocenters. The highest BCUT2D eigenvalue weighted by molar-refractivity contribution is 5.90. The predicted octanol–water partition coefficient (Wildman–Crippen LogP) is 1.30. The number of alkyl halides is 3. The van der Waals surface area contributed by atoms with E-state index in [-0.39, 0.29) is 18.9 Å². The van der Waals surface area contributed by atoms with E-state index in [2.05, 4.69) is 6.07 Å². The highest BCUT2D eigenvalue weighted by Crippen LogP contribution is 2.27. The lowest BCUT2D eigenvalue weighted by atomic mass is 9.98. The second-order valence-electron chi connectivity index (χ2n) is 5.38. The summed E-state index contributed by atoms with van der Waals surface area (Å²) in [5.41, 5.74) is 0. The molecule has 0 aromatic heterocycles. The molecule has 1 atom stereocenters. The second kappa shape index (κ2) is 5.92. The second-order valence-corrected chi connectivity index (χ2v) is 5.38. The van der Waals surface area contributed by atoms with E-state index in [0.29, 0.717) is 37.3 Å². The molecule has 0 saturated carbocycles. The maximum atomic E-state index is 12.5. The molecule has 0 spiro atoms. The smallest absolute Gasteiger partial charge is 0.341 e. The van der Waals surface area contributed by atoms with Gasteiger partial charge in [0, 0.05) is 25.6 Å². The quantitative estimate of drug-likeness (QED) is 0.733. The van der Waals surface area contributed by atoms with Crippen molar-refractivity contribution in [2.45, 2.75) is 37.9 Å². The van der Waals surface area contributed by atoms with E-state index in [4.69, 9.17) is 5.26 Å². The van der Waals surface area contributed by atoms with Crippen LogP contribution in [0.1, 0.15) is 25.7 Å². The zero-order valence-electron chi connectivity index (χ0n) is 11.4. The zero-order chi connectivity index (χ0) is 15.6. The van der Waals surface area contributed by atoms with Gasteiger partial charge in [0.05, 0.1) is 6.07 Å². The third-order valence-corrected chi connectivity index (χ3v) is 4.03. The van der Waals surface area contributed by atoms with Crippen molar-refractivity contribution in [3.05, 3.63) is 0 Å². The Hall–Kier alpha value is -1.78. The van der Waals surface area contributed by atoms with E-state index in [1.54, 1.807) is 0 Å². The van der Waals surface area contributed by atoms with Crippen LogP contribution in [0.5, 0.6) is 0 Å². The summed E-state index contributed by atoms with van der Waals surface area (Å²) >= 11 is 0. The van der Waals surface area contributed by atoms with Crippen molar-refractivity contribution < 1.29 is 22.8 Å². The zero-order valence-corrected chi connectivity index (χ0v) is 11.4. The average Bonchev–Trinajstić information content (AvgIpc) is 2.94. The normalized spacial score (nSPS) is 24.0. The topological polar surface area (TPSA) is 64.4 Å². The molecule has 2 aliphatic heterocycles. The summed E-state index contributed by atoms with van der Waals surface area (Å²) in [6.45, 7) is 0.687. The third kappa shape index (κ3) is 3.28. The summed E-state index contributed by atoms with van der Waals surface area (Å²) in [5.74, 6) is -2.47. The molecule has 0 aromatic rings. The maximum Gasteiger partial charge on any atom is 0.471 e. The molecule has 2 rings (SSSR count). The number of likely N-dealkylation sites (tertiary alicyclic amines) is 2. The molecule has 2 heterocycles. The van der Waals surface area contributed by atoms with Crippen molar-refractivity contribution >= 4 is 11.8 Å². The molecule has 2 aliphatic rings.